The number of hydrogen-bond donors (Lipinski definition) is 2. The van der Waals surface area contributed by atoms with Crippen LogP contribution in [-0.2, 0) is 9.53 Å². The van der Waals surface area contributed by atoms with Crippen LogP contribution in [0.1, 0.15) is 24.0 Å². The van der Waals surface area contributed by atoms with Crippen LogP contribution in [-0.4, -0.2) is 30.3 Å². The van der Waals surface area contributed by atoms with Crippen molar-refractivity contribution in [3.05, 3.63) is 59.7 Å². The molecule has 0 heterocycles. The van der Waals surface area contributed by atoms with Crippen molar-refractivity contribution in [2.45, 2.75) is 12.8 Å². The minimum absolute atomic E-state index is 0.0000437. The van der Waals surface area contributed by atoms with Gasteiger partial charge in [-0.1, -0.05) is 55.5 Å². The third-order valence-corrected chi connectivity index (χ3v) is 4.32. The SMILES string of the molecule is CC(CNC(=O)OCC1c2ccccc2-c2ccccc21)C(=O)O. The fraction of sp³-hybridized carbons (Fsp3) is 0.263. The van der Waals surface area contributed by atoms with Crippen LogP contribution in [0.3, 0.4) is 0 Å². The van der Waals surface area contributed by atoms with Crippen molar-refractivity contribution >= 4 is 12.1 Å². The highest BCUT2D eigenvalue weighted by atomic mass is 16.5. The van der Waals surface area contributed by atoms with Crippen LogP contribution < -0.4 is 5.32 Å². The fourth-order valence-corrected chi connectivity index (χ4v) is 2.97. The van der Waals surface area contributed by atoms with E-state index < -0.39 is 18.0 Å². The van der Waals surface area contributed by atoms with E-state index in [0.717, 1.165) is 11.1 Å². The van der Waals surface area contributed by atoms with Crippen molar-refractivity contribution in [1.29, 1.82) is 0 Å². The molecule has 0 bridgehead atoms. The Morgan fingerprint density at radius 3 is 2.17 bits per heavy atom. The molecule has 0 aliphatic heterocycles. The van der Waals surface area contributed by atoms with Crippen LogP contribution in [0.25, 0.3) is 11.1 Å². The second-order valence-electron chi connectivity index (χ2n) is 5.95. The van der Waals surface area contributed by atoms with Gasteiger partial charge in [0.1, 0.15) is 6.61 Å². The van der Waals surface area contributed by atoms with Crippen molar-refractivity contribution in [1.82, 2.24) is 5.32 Å². The Labute approximate surface area is 140 Å². The molecule has 124 valence electrons. The average Bonchev–Trinajstić information content (AvgIpc) is 2.92. The molecule has 0 radical (unpaired) electrons. The molecule has 1 atom stereocenters. The van der Waals surface area contributed by atoms with Gasteiger partial charge in [-0.3, -0.25) is 4.79 Å². The largest absolute Gasteiger partial charge is 0.481 e. The maximum Gasteiger partial charge on any atom is 0.407 e. The third kappa shape index (κ3) is 3.11. The predicted octanol–water partition coefficient (Wildman–Crippen LogP) is 3.25. The first-order chi connectivity index (χ1) is 11.6. The summed E-state index contributed by atoms with van der Waals surface area (Å²) >= 11 is 0. The fourth-order valence-electron chi connectivity index (χ4n) is 2.97. The van der Waals surface area contributed by atoms with E-state index in [2.05, 4.69) is 17.4 Å². The lowest BCUT2D eigenvalue weighted by Gasteiger charge is -2.15. The van der Waals surface area contributed by atoms with Crippen LogP contribution >= 0.6 is 0 Å². The number of rotatable bonds is 5. The highest BCUT2D eigenvalue weighted by Crippen LogP contribution is 2.44. The minimum Gasteiger partial charge on any atom is -0.481 e. The standard InChI is InChI=1S/C19H19NO4/c1-12(18(21)22)10-20-19(23)24-11-17-15-8-4-2-6-13(15)14-7-3-5-9-16(14)17/h2-9,12,17H,10-11H2,1H3,(H,20,23)(H,21,22). The van der Waals surface area contributed by atoms with Crippen molar-refractivity contribution < 1.29 is 19.4 Å². The average molecular weight is 325 g/mol. The molecule has 1 aliphatic carbocycles. The molecule has 0 spiro atoms. The number of benzene rings is 2. The summed E-state index contributed by atoms with van der Waals surface area (Å²) in [5.41, 5.74) is 4.62. The number of carbonyl (C=O) groups excluding carboxylic acids is 1. The molecule has 0 aromatic heterocycles. The zero-order valence-electron chi connectivity index (χ0n) is 13.4. The monoisotopic (exact) mass is 325 g/mol. The van der Waals surface area contributed by atoms with E-state index in [1.54, 1.807) is 0 Å². The molecule has 2 N–H and O–H groups in total. The van der Waals surface area contributed by atoms with Gasteiger partial charge in [0, 0.05) is 12.5 Å². The normalized spacial score (nSPS) is 13.7. The lowest BCUT2D eigenvalue weighted by Crippen LogP contribution is -2.32. The van der Waals surface area contributed by atoms with E-state index >= 15 is 0 Å². The Bertz CT molecular complexity index is 726. The zero-order chi connectivity index (χ0) is 17.1. The smallest absolute Gasteiger partial charge is 0.407 e. The van der Waals surface area contributed by atoms with Gasteiger partial charge in [0.15, 0.2) is 0 Å². The van der Waals surface area contributed by atoms with E-state index in [0.29, 0.717) is 0 Å². The van der Waals surface area contributed by atoms with Gasteiger partial charge in [0.05, 0.1) is 5.92 Å². The Morgan fingerprint density at radius 2 is 1.62 bits per heavy atom. The first kappa shape index (κ1) is 16.1. The van der Waals surface area contributed by atoms with E-state index in [9.17, 15) is 9.59 Å². The molecule has 0 saturated carbocycles. The number of aliphatic carboxylic acids is 1. The van der Waals surface area contributed by atoms with E-state index in [-0.39, 0.29) is 19.1 Å². The molecule has 24 heavy (non-hydrogen) atoms. The summed E-state index contributed by atoms with van der Waals surface area (Å²) in [5.74, 6) is -1.60. The van der Waals surface area contributed by atoms with Gasteiger partial charge in [-0.15, -0.1) is 0 Å². The lowest BCUT2D eigenvalue weighted by molar-refractivity contribution is -0.140. The van der Waals surface area contributed by atoms with E-state index in [4.69, 9.17) is 9.84 Å². The molecule has 1 amide bonds. The number of ether oxygens (including phenoxy) is 1. The van der Waals surface area contributed by atoms with Crippen molar-refractivity contribution in [2.75, 3.05) is 13.2 Å². The number of amides is 1. The summed E-state index contributed by atoms with van der Waals surface area (Å²) in [6.45, 7) is 1.80. The Hall–Kier alpha value is -2.82. The summed E-state index contributed by atoms with van der Waals surface area (Å²) in [6, 6.07) is 16.2. The van der Waals surface area contributed by atoms with Gasteiger partial charge in [-0.25, -0.2) is 4.79 Å². The first-order valence-electron chi connectivity index (χ1n) is 7.89. The topological polar surface area (TPSA) is 75.6 Å². The quantitative estimate of drug-likeness (QED) is 0.885. The molecule has 5 heteroatoms. The Morgan fingerprint density at radius 1 is 1.08 bits per heavy atom. The lowest BCUT2D eigenvalue weighted by atomic mass is 9.98. The molecule has 1 unspecified atom stereocenters. The first-order valence-corrected chi connectivity index (χ1v) is 7.89. The maximum atomic E-state index is 11.8. The van der Waals surface area contributed by atoms with Gasteiger partial charge in [-0.05, 0) is 22.3 Å². The molecule has 2 aromatic rings. The number of fused-ring (bicyclic) bond motifs is 3. The maximum absolute atomic E-state index is 11.8. The molecule has 5 nitrogen and oxygen atoms in total. The number of carboxylic acid groups (broad SMARTS) is 1. The number of alkyl carbamates (subject to hydrolysis) is 1. The van der Waals surface area contributed by atoms with Gasteiger partial charge >= 0.3 is 12.1 Å². The van der Waals surface area contributed by atoms with E-state index in [1.165, 1.54) is 18.1 Å². The Kier molecular flexibility index (Phi) is 4.51. The second-order valence-corrected chi connectivity index (χ2v) is 5.95. The summed E-state index contributed by atoms with van der Waals surface area (Å²) in [7, 11) is 0. The van der Waals surface area contributed by atoms with Gasteiger partial charge in [0.2, 0.25) is 0 Å². The molecule has 0 fully saturated rings. The number of nitrogens with one attached hydrogen (secondary N) is 1. The van der Waals surface area contributed by atoms with Gasteiger partial charge in [0.25, 0.3) is 0 Å². The third-order valence-electron chi connectivity index (χ3n) is 4.32. The second kappa shape index (κ2) is 6.74. The van der Waals surface area contributed by atoms with Gasteiger partial charge in [-0.2, -0.15) is 0 Å². The number of hydrogen-bond acceptors (Lipinski definition) is 3. The zero-order valence-corrected chi connectivity index (χ0v) is 13.4. The van der Waals surface area contributed by atoms with Crippen LogP contribution in [0, 0.1) is 5.92 Å². The van der Waals surface area contributed by atoms with E-state index in [1.807, 2.05) is 36.4 Å². The van der Waals surface area contributed by atoms with Crippen LogP contribution in [0.2, 0.25) is 0 Å². The van der Waals surface area contributed by atoms with Crippen LogP contribution in [0.15, 0.2) is 48.5 Å². The van der Waals surface area contributed by atoms with Crippen molar-refractivity contribution in [3.8, 4) is 11.1 Å². The van der Waals surface area contributed by atoms with Gasteiger partial charge < -0.3 is 15.2 Å². The van der Waals surface area contributed by atoms with Crippen LogP contribution in [0.5, 0.6) is 0 Å². The molecule has 1 aliphatic rings. The van der Waals surface area contributed by atoms with Crippen molar-refractivity contribution in [3.63, 3.8) is 0 Å². The predicted molar refractivity (Wildman–Crippen MR) is 89.9 cm³/mol. The van der Waals surface area contributed by atoms with Crippen LogP contribution in [0.4, 0.5) is 4.79 Å². The molecular weight excluding hydrogens is 306 g/mol. The Balaban J connectivity index is 1.67. The molecular formula is C19H19NO4. The summed E-state index contributed by atoms with van der Waals surface area (Å²) in [4.78, 5) is 22.6. The minimum atomic E-state index is -0.950. The summed E-state index contributed by atoms with van der Waals surface area (Å²) in [6.07, 6.45) is -0.593. The summed E-state index contributed by atoms with van der Waals surface area (Å²) < 4.78 is 5.33. The highest BCUT2D eigenvalue weighted by Gasteiger charge is 2.29. The highest BCUT2D eigenvalue weighted by molar-refractivity contribution is 5.79. The number of carbonyl (C=O) groups is 2. The number of carboxylic acids is 1. The van der Waals surface area contributed by atoms with Crippen molar-refractivity contribution in [2.24, 2.45) is 5.92 Å². The molecule has 0 saturated heterocycles. The summed E-state index contributed by atoms with van der Waals surface area (Å²) in [5, 5.41) is 11.3. The molecule has 2 aromatic carbocycles. The molecule has 3 rings (SSSR count).